The summed E-state index contributed by atoms with van der Waals surface area (Å²) in [5, 5.41) is 4.88. The summed E-state index contributed by atoms with van der Waals surface area (Å²) in [6.45, 7) is 0.849. The average Bonchev–Trinajstić information content (AvgIpc) is 2.98. The molecule has 140 valence electrons. The first-order valence-electron chi connectivity index (χ1n) is 9.38. The number of imide groups is 1. The Morgan fingerprint density at radius 3 is 2.18 bits per heavy atom. The highest BCUT2D eigenvalue weighted by molar-refractivity contribution is 6.21. The lowest BCUT2D eigenvalue weighted by atomic mass is 10.0. The van der Waals surface area contributed by atoms with Crippen molar-refractivity contribution in [1.29, 1.82) is 0 Å². The highest BCUT2D eigenvalue weighted by Crippen LogP contribution is 2.22. The van der Waals surface area contributed by atoms with Crippen LogP contribution < -0.4 is 5.32 Å². The van der Waals surface area contributed by atoms with Crippen molar-refractivity contribution in [3.63, 3.8) is 0 Å². The molecule has 0 saturated heterocycles. The second-order valence-electron chi connectivity index (χ2n) is 6.80. The molecule has 0 radical (unpaired) electrons. The zero-order valence-corrected chi connectivity index (χ0v) is 15.4. The maximum atomic E-state index is 12.5. The minimum absolute atomic E-state index is 0.113. The second-order valence-corrected chi connectivity index (χ2v) is 6.80. The maximum Gasteiger partial charge on any atom is 0.261 e. The van der Waals surface area contributed by atoms with Gasteiger partial charge in [-0.25, -0.2) is 0 Å². The van der Waals surface area contributed by atoms with E-state index in [0.29, 0.717) is 42.6 Å². The number of amides is 3. The van der Waals surface area contributed by atoms with Gasteiger partial charge in [-0.3, -0.25) is 19.3 Å². The van der Waals surface area contributed by atoms with E-state index in [2.05, 4.69) is 5.32 Å². The van der Waals surface area contributed by atoms with Gasteiger partial charge in [0.05, 0.1) is 11.1 Å². The molecule has 0 aliphatic carbocycles. The maximum absolute atomic E-state index is 12.5. The molecule has 0 saturated carbocycles. The largest absolute Gasteiger partial charge is 0.352 e. The Morgan fingerprint density at radius 1 is 0.786 bits per heavy atom. The molecule has 28 heavy (non-hydrogen) atoms. The highest BCUT2D eigenvalue weighted by Gasteiger charge is 2.34. The molecule has 5 heteroatoms. The van der Waals surface area contributed by atoms with Crippen molar-refractivity contribution in [2.45, 2.75) is 12.8 Å². The summed E-state index contributed by atoms with van der Waals surface area (Å²) in [6.07, 6.45) is 1.32. The van der Waals surface area contributed by atoms with E-state index in [1.165, 1.54) is 4.90 Å². The topological polar surface area (TPSA) is 66.5 Å². The molecule has 0 fully saturated rings. The van der Waals surface area contributed by atoms with E-state index < -0.39 is 0 Å². The van der Waals surface area contributed by atoms with Crippen LogP contribution in [-0.2, 0) is 0 Å². The third-order valence-corrected chi connectivity index (χ3v) is 5.01. The van der Waals surface area contributed by atoms with Crippen molar-refractivity contribution in [1.82, 2.24) is 10.2 Å². The van der Waals surface area contributed by atoms with Crippen LogP contribution in [0.15, 0.2) is 66.7 Å². The van der Waals surface area contributed by atoms with Gasteiger partial charge in [0.1, 0.15) is 0 Å². The van der Waals surface area contributed by atoms with Gasteiger partial charge in [0, 0.05) is 18.7 Å². The predicted octanol–water partition coefficient (Wildman–Crippen LogP) is 3.65. The molecule has 3 amide bonds. The van der Waals surface area contributed by atoms with Gasteiger partial charge in [-0.2, -0.15) is 0 Å². The van der Waals surface area contributed by atoms with Gasteiger partial charge >= 0.3 is 0 Å². The Labute approximate surface area is 163 Å². The second kappa shape index (κ2) is 7.64. The van der Waals surface area contributed by atoms with Crippen LogP contribution in [0.5, 0.6) is 0 Å². The third kappa shape index (κ3) is 3.27. The van der Waals surface area contributed by atoms with Crippen molar-refractivity contribution in [2.75, 3.05) is 13.1 Å². The van der Waals surface area contributed by atoms with Crippen molar-refractivity contribution in [2.24, 2.45) is 0 Å². The van der Waals surface area contributed by atoms with Crippen molar-refractivity contribution in [3.8, 4) is 0 Å². The smallest absolute Gasteiger partial charge is 0.261 e. The van der Waals surface area contributed by atoms with E-state index in [1.807, 2.05) is 42.5 Å². The first-order chi connectivity index (χ1) is 13.7. The fourth-order valence-corrected chi connectivity index (χ4v) is 3.56. The molecular formula is C23H20N2O3. The number of benzene rings is 3. The van der Waals surface area contributed by atoms with Crippen LogP contribution in [0.25, 0.3) is 10.8 Å². The Morgan fingerprint density at radius 2 is 1.43 bits per heavy atom. The highest BCUT2D eigenvalue weighted by atomic mass is 16.2. The zero-order chi connectivity index (χ0) is 19.5. The van der Waals surface area contributed by atoms with Crippen LogP contribution in [0.2, 0.25) is 0 Å². The van der Waals surface area contributed by atoms with Crippen molar-refractivity contribution >= 4 is 28.5 Å². The van der Waals surface area contributed by atoms with Crippen LogP contribution >= 0.6 is 0 Å². The van der Waals surface area contributed by atoms with E-state index in [-0.39, 0.29) is 17.7 Å². The van der Waals surface area contributed by atoms with Gasteiger partial charge in [0.15, 0.2) is 0 Å². The van der Waals surface area contributed by atoms with E-state index in [0.717, 1.165) is 10.8 Å². The van der Waals surface area contributed by atoms with Gasteiger partial charge in [-0.1, -0.05) is 48.5 Å². The predicted molar refractivity (Wildman–Crippen MR) is 107 cm³/mol. The van der Waals surface area contributed by atoms with E-state index in [1.54, 1.807) is 24.3 Å². The first-order valence-corrected chi connectivity index (χ1v) is 9.38. The summed E-state index contributed by atoms with van der Waals surface area (Å²) < 4.78 is 0. The summed E-state index contributed by atoms with van der Waals surface area (Å²) in [7, 11) is 0. The minimum atomic E-state index is -0.236. The van der Waals surface area contributed by atoms with Gasteiger partial charge in [-0.15, -0.1) is 0 Å². The Bertz CT molecular complexity index is 1030. The number of nitrogens with one attached hydrogen (secondary N) is 1. The van der Waals surface area contributed by atoms with E-state index >= 15 is 0 Å². The zero-order valence-electron chi connectivity index (χ0n) is 15.4. The molecule has 3 aromatic rings. The number of rotatable bonds is 6. The molecule has 1 heterocycles. The summed E-state index contributed by atoms with van der Waals surface area (Å²) in [5.41, 5.74) is 1.59. The summed E-state index contributed by atoms with van der Waals surface area (Å²) in [6, 6.07) is 20.3. The first kappa shape index (κ1) is 17.9. The summed E-state index contributed by atoms with van der Waals surface area (Å²) in [4.78, 5) is 38.4. The summed E-state index contributed by atoms with van der Waals surface area (Å²) >= 11 is 0. The van der Waals surface area contributed by atoms with E-state index in [4.69, 9.17) is 0 Å². The van der Waals surface area contributed by atoms with Gasteiger partial charge < -0.3 is 5.32 Å². The SMILES string of the molecule is O=C(NCCCCN1C(=O)c2ccccc2C1=O)c1cccc2ccccc12. The molecule has 1 N–H and O–H groups in total. The average molecular weight is 372 g/mol. The lowest BCUT2D eigenvalue weighted by Crippen LogP contribution is -2.31. The standard InChI is InChI=1S/C23H20N2O3/c26-21(18-13-7-9-16-8-1-2-10-17(16)18)24-14-5-6-15-25-22(27)19-11-3-4-12-20(19)23(25)28/h1-4,7-13H,5-6,14-15H2,(H,24,26). The monoisotopic (exact) mass is 372 g/mol. The Balaban J connectivity index is 1.29. The number of fused-ring (bicyclic) bond motifs is 2. The van der Waals surface area contributed by atoms with Gasteiger partial charge in [0.2, 0.25) is 0 Å². The Hall–Kier alpha value is -3.47. The summed E-state index contributed by atoms with van der Waals surface area (Å²) in [5.74, 6) is -0.585. The molecule has 0 unspecified atom stereocenters. The third-order valence-electron chi connectivity index (χ3n) is 5.01. The van der Waals surface area contributed by atoms with Crippen LogP contribution in [0, 0.1) is 0 Å². The van der Waals surface area contributed by atoms with Crippen LogP contribution in [0.3, 0.4) is 0 Å². The fourth-order valence-electron chi connectivity index (χ4n) is 3.56. The molecule has 0 atom stereocenters. The number of unbranched alkanes of at least 4 members (excludes halogenated alkanes) is 1. The number of carbonyl (C=O) groups is 3. The molecular weight excluding hydrogens is 352 g/mol. The van der Waals surface area contributed by atoms with Crippen LogP contribution in [0.4, 0.5) is 0 Å². The molecule has 1 aliphatic heterocycles. The fraction of sp³-hybridized carbons (Fsp3) is 0.174. The number of carbonyl (C=O) groups excluding carboxylic acids is 3. The normalized spacial score (nSPS) is 13.1. The Kier molecular flexibility index (Phi) is 4.89. The van der Waals surface area contributed by atoms with E-state index in [9.17, 15) is 14.4 Å². The van der Waals surface area contributed by atoms with Crippen molar-refractivity contribution < 1.29 is 14.4 Å². The van der Waals surface area contributed by atoms with Gasteiger partial charge in [0.25, 0.3) is 17.7 Å². The molecule has 4 rings (SSSR count). The van der Waals surface area contributed by atoms with Crippen LogP contribution in [0.1, 0.15) is 43.9 Å². The molecule has 0 spiro atoms. The number of hydrogen-bond acceptors (Lipinski definition) is 3. The molecule has 1 aliphatic rings. The lowest BCUT2D eigenvalue weighted by Gasteiger charge is -2.13. The van der Waals surface area contributed by atoms with Gasteiger partial charge in [-0.05, 0) is 41.8 Å². The molecule has 0 aromatic heterocycles. The molecule has 0 bridgehead atoms. The minimum Gasteiger partial charge on any atom is -0.352 e. The molecule has 3 aromatic carbocycles. The number of hydrogen-bond donors (Lipinski definition) is 1. The number of nitrogens with zero attached hydrogens (tertiary/aromatic N) is 1. The van der Waals surface area contributed by atoms with Crippen LogP contribution in [-0.4, -0.2) is 35.7 Å². The quantitative estimate of drug-likeness (QED) is 0.531. The lowest BCUT2D eigenvalue weighted by molar-refractivity contribution is 0.0650. The molecule has 5 nitrogen and oxygen atoms in total. The van der Waals surface area contributed by atoms with Crippen molar-refractivity contribution in [3.05, 3.63) is 83.4 Å².